The summed E-state index contributed by atoms with van der Waals surface area (Å²) in [5.74, 6) is -0.713. The molecule has 0 unspecified atom stereocenters. The van der Waals surface area contributed by atoms with E-state index in [1.54, 1.807) is 0 Å². The molecular formula is C20H21NO3. The average Bonchev–Trinajstić information content (AvgIpc) is 3.00. The van der Waals surface area contributed by atoms with Gasteiger partial charge >= 0.3 is 5.97 Å². The zero-order chi connectivity index (χ0) is 16.9. The number of carbonyl (C=O) groups excluding carboxylic acids is 2. The number of rotatable bonds is 5. The molecule has 1 amide bonds. The molecule has 4 nitrogen and oxygen atoms in total. The van der Waals surface area contributed by atoms with Crippen molar-refractivity contribution >= 4 is 17.6 Å². The van der Waals surface area contributed by atoms with Crippen LogP contribution >= 0.6 is 0 Å². The summed E-state index contributed by atoms with van der Waals surface area (Å²) >= 11 is 0. The van der Waals surface area contributed by atoms with E-state index in [4.69, 9.17) is 4.74 Å². The Labute approximate surface area is 141 Å². The quantitative estimate of drug-likeness (QED) is 0.860. The Kier molecular flexibility index (Phi) is 4.94. The molecule has 24 heavy (non-hydrogen) atoms. The Morgan fingerprint density at radius 3 is 2.75 bits per heavy atom. The molecule has 1 aliphatic rings. The van der Waals surface area contributed by atoms with Crippen LogP contribution in [0.3, 0.4) is 0 Å². The smallest absolute Gasteiger partial charge is 0.310 e. The highest BCUT2D eigenvalue weighted by Gasteiger charge is 2.13. The van der Waals surface area contributed by atoms with Gasteiger partial charge in [-0.15, -0.1) is 0 Å². The topological polar surface area (TPSA) is 55.4 Å². The van der Waals surface area contributed by atoms with E-state index in [9.17, 15) is 9.59 Å². The van der Waals surface area contributed by atoms with Gasteiger partial charge in [0.15, 0.2) is 6.61 Å². The molecule has 3 rings (SSSR count). The van der Waals surface area contributed by atoms with Crippen LogP contribution in [0.4, 0.5) is 5.69 Å². The molecule has 0 heterocycles. The second-order valence-electron chi connectivity index (χ2n) is 6.21. The third-order valence-electron chi connectivity index (χ3n) is 4.18. The van der Waals surface area contributed by atoms with Gasteiger partial charge in [-0.05, 0) is 55.0 Å². The largest absolute Gasteiger partial charge is 0.455 e. The third-order valence-corrected chi connectivity index (χ3v) is 4.18. The molecule has 0 atom stereocenters. The summed E-state index contributed by atoms with van der Waals surface area (Å²) in [6.45, 7) is 1.71. The lowest BCUT2D eigenvalue weighted by atomic mass is 10.1. The van der Waals surface area contributed by atoms with E-state index in [1.807, 2.05) is 43.3 Å². The van der Waals surface area contributed by atoms with E-state index < -0.39 is 5.97 Å². The summed E-state index contributed by atoms with van der Waals surface area (Å²) in [6, 6.07) is 13.6. The number of anilines is 1. The molecule has 0 bridgehead atoms. The van der Waals surface area contributed by atoms with Crippen molar-refractivity contribution in [3.63, 3.8) is 0 Å². The molecule has 4 heteroatoms. The average molecular weight is 323 g/mol. The van der Waals surface area contributed by atoms with Crippen molar-refractivity contribution < 1.29 is 14.3 Å². The number of carbonyl (C=O) groups is 2. The number of aryl methyl sites for hydroxylation is 3. The SMILES string of the molecule is Cc1cccc(CC(=O)OCC(=O)Nc2ccc3c(c2)CCC3)c1. The minimum Gasteiger partial charge on any atom is -0.455 e. The predicted octanol–water partition coefficient (Wildman–Crippen LogP) is 3.21. The number of benzene rings is 2. The zero-order valence-electron chi connectivity index (χ0n) is 13.8. The van der Waals surface area contributed by atoms with Crippen molar-refractivity contribution in [3.8, 4) is 0 Å². The van der Waals surface area contributed by atoms with Gasteiger partial charge in [-0.3, -0.25) is 9.59 Å². The second kappa shape index (κ2) is 7.30. The Morgan fingerprint density at radius 2 is 1.92 bits per heavy atom. The highest BCUT2D eigenvalue weighted by Crippen LogP contribution is 2.24. The van der Waals surface area contributed by atoms with Crippen LogP contribution in [0.25, 0.3) is 0 Å². The van der Waals surface area contributed by atoms with Crippen LogP contribution in [-0.4, -0.2) is 18.5 Å². The molecule has 0 aliphatic heterocycles. The molecule has 0 saturated heterocycles. The number of ether oxygens (including phenoxy) is 1. The molecule has 0 aromatic heterocycles. The highest BCUT2D eigenvalue weighted by atomic mass is 16.5. The number of fused-ring (bicyclic) bond motifs is 1. The fourth-order valence-electron chi connectivity index (χ4n) is 3.03. The van der Waals surface area contributed by atoms with Crippen molar-refractivity contribution in [2.45, 2.75) is 32.6 Å². The number of amides is 1. The van der Waals surface area contributed by atoms with Crippen LogP contribution in [0.1, 0.15) is 28.7 Å². The van der Waals surface area contributed by atoms with Crippen molar-refractivity contribution in [3.05, 3.63) is 64.7 Å². The van der Waals surface area contributed by atoms with Gasteiger partial charge in [0.05, 0.1) is 6.42 Å². The van der Waals surface area contributed by atoms with Crippen molar-refractivity contribution in [1.29, 1.82) is 0 Å². The fraction of sp³-hybridized carbons (Fsp3) is 0.300. The highest BCUT2D eigenvalue weighted by molar-refractivity contribution is 5.93. The third kappa shape index (κ3) is 4.22. The first kappa shape index (κ1) is 16.2. The van der Waals surface area contributed by atoms with Crippen molar-refractivity contribution in [2.75, 3.05) is 11.9 Å². The van der Waals surface area contributed by atoms with Crippen molar-refractivity contribution in [2.24, 2.45) is 0 Å². The normalized spacial score (nSPS) is 12.5. The molecule has 0 spiro atoms. The van der Waals surface area contributed by atoms with Gasteiger partial charge in [-0.25, -0.2) is 0 Å². The minimum absolute atomic E-state index is 0.174. The lowest BCUT2D eigenvalue weighted by molar-refractivity contribution is -0.146. The number of hydrogen-bond donors (Lipinski definition) is 1. The van der Waals surface area contributed by atoms with Gasteiger partial charge < -0.3 is 10.1 Å². The molecule has 0 radical (unpaired) electrons. The van der Waals surface area contributed by atoms with E-state index in [1.165, 1.54) is 17.5 Å². The Balaban J connectivity index is 1.47. The molecule has 2 aromatic carbocycles. The summed E-state index contributed by atoms with van der Waals surface area (Å²) in [7, 11) is 0. The van der Waals surface area contributed by atoms with Crippen LogP contribution < -0.4 is 5.32 Å². The Hall–Kier alpha value is -2.62. The molecule has 1 aliphatic carbocycles. The Bertz CT molecular complexity index is 767. The Morgan fingerprint density at radius 1 is 1.08 bits per heavy atom. The number of esters is 1. The molecular weight excluding hydrogens is 302 g/mol. The van der Waals surface area contributed by atoms with Crippen LogP contribution in [0.15, 0.2) is 42.5 Å². The monoisotopic (exact) mass is 323 g/mol. The minimum atomic E-state index is -0.398. The van der Waals surface area contributed by atoms with Gasteiger partial charge in [-0.2, -0.15) is 0 Å². The summed E-state index contributed by atoms with van der Waals surface area (Å²) in [5, 5.41) is 2.78. The first-order valence-electron chi connectivity index (χ1n) is 8.23. The zero-order valence-corrected chi connectivity index (χ0v) is 13.8. The summed E-state index contributed by atoms with van der Waals surface area (Å²) < 4.78 is 5.06. The summed E-state index contributed by atoms with van der Waals surface area (Å²) in [5.41, 5.74) is 5.39. The predicted molar refractivity (Wildman–Crippen MR) is 92.9 cm³/mol. The van der Waals surface area contributed by atoms with E-state index >= 15 is 0 Å². The van der Waals surface area contributed by atoms with Crippen LogP contribution in [0, 0.1) is 6.92 Å². The summed E-state index contributed by atoms with van der Waals surface area (Å²) in [6.07, 6.45) is 3.52. The summed E-state index contributed by atoms with van der Waals surface area (Å²) in [4.78, 5) is 23.8. The van der Waals surface area contributed by atoms with Gasteiger partial charge in [0.25, 0.3) is 5.91 Å². The van der Waals surface area contributed by atoms with E-state index in [2.05, 4.69) is 11.4 Å². The number of nitrogens with one attached hydrogen (secondary N) is 1. The number of hydrogen-bond acceptors (Lipinski definition) is 3. The lowest BCUT2D eigenvalue weighted by Gasteiger charge is -2.08. The molecule has 2 aromatic rings. The maximum atomic E-state index is 11.9. The van der Waals surface area contributed by atoms with Gasteiger partial charge in [0.2, 0.25) is 0 Å². The van der Waals surface area contributed by atoms with Crippen molar-refractivity contribution in [1.82, 2.24) is 0 Å². The standard InChI is InChI=1S/C20H21NO3/c1-14-4-2-5-15(10-14)11-20(23)24-13-19(22)21-18-9-8-16-6-3-7-17(16)12-18/h2,4-5,8-10,12H,3,6-7,11,13H2,1H3,(H,21,22). The first-order chi connectivity index (χ1) is 11.6. The van der Waals surface area contributed by atoms with Gasteiger partial charge in [-0.1, -0.05) is 35.9 Å². The molecule has 0 fully saturated rings. The lowest BCUT2D eigenvalue weighted by Crippen LogP contribution is -2.21. The van der Waals surface area contributed by atoms with E-state index in [0.29, 0.717) is 0 Å². The molecule has 0 saturated carbocycles. The maximum absolute atomic E-state index is 11.9. The molecule has 1 N–H and O–H groups in total. The molecule has 124 valence electrons. The first-order valence-corrected chi connectivity index (χ1v) is 8.23. The maximum Gasteiger partial charge on any atom is 0.310 e. The fourth-order valence-corrected chi connectivity index (χ4v) is 3.03. The van der Waals surface area contributed by atoms with E-state index in [-0.39, 0.29) is 18.9 Å². The van der Waals surface area contributed by atoms with Crippen LogP contribution in [-0.2, 0) is 33.6 Å². The van der Waals surface area contributed by atoms with E-state index in [0.717, 1.165) is 29.7 Å². The van der Waals surface area contributed by atoms with Gasteiger partial charge in [0, 0.05) is 5.69 Å². The van der Waals surface area contributed by atoms with Crippen LogP contribution in [0.5, 0.6) is 0 Å². The second-order valence-corrected chi connectivity index (χ2v) is 6.21. The van der Waals surface area contributed by atoms with Crippen LogP contribution in [0.2, 0.25) is 0 Å². The van der Waals surface area contributed by atoms with Gasteiger partial charge in [0.1, 0.15) is 0 Å².